The summed E-state index contributed by atoms with van der Waals surface area (Å²) in [4.78, 5) is 0. The predicted molar refractivity (Wildman–Crippen MR) is 82.4 cm³/mol. The molecular weight excluding hydrogens is 274 g/mol. The molecule has 2 N–H and O–H groups in total. The second-order valence-electron chi connectivity index (χ2n) is 4.65. The number of hydrogen-bond donors (Lipinski definition) is 2. The monoisotopic (exact) mass is 291 g/mol. The van der Waals surface area contributed by atoms with Gasteiger partial charge in [0.1, 0.15) is 11.9 Å². The summed E-state index contributed by atoms with van der Waals surface area (Å²) in [5, 5.41) is 13.7. The Morgan fingerprint density at radius 1 is 1.10 bits per heavy atom. The van der Waals surface area contributed by atoms with Gasteiger partial charge in [-0.15, -0.1) is 0 Å². The highest BCUT2D eigenvalue weighted by Crippen LogP contribution is 2.24. The summed E-state index contributed by atoms with van der Waals surface area (Å²) >= 11 is 6.09. The van der Waals surface area contributed by atoms with Crippen LogP contribution in [0.4, 0.5) is 5.69 Å². The van der Waals surface area contributed by atoms with E-state index < -0.39 is 12.3 Å². The molecule has 0 saturated heterocycles. The van der Waals surface area contributed by atoms with Gasteiger partial charge in [0.25, 0.3) is 0 Å². The molecular formula is C16H18ClNO2. The van der Waals surface area contributed by atoms with Crippen LogP contribution in [0.2, 0.25) is 5.02 Å². The standard InChI is InChI=1S/C16H18ClNO2/c1-11-14(17)9-6-10-15(11)18-16(12(2)19)20-13-7-4-3-5-8-13/h3-10,12,16,18-19H,1-2H3. The van der Waals surface area contributed by atoms with E-state index in [1.165, 1.54) is 0 Å². The first-order valence-electron chi connectivity index (χ1n) is 6.49. The average Bonchev–Trinajstić information content (AvgIpc) is 2.44. The summed E-state index contributed by atoms with van der Waals surface area (Å²) in [6.07, 6.45) is -1.22. The van der Waals surface area contributed by atoms with Crippen LogP contribution in [-0.2, 0) is 0 Å². The van der Waals surface area contributed by atoms with Gasteiger partial charge in [0.2, 0.25) is 0 Å². The fraction of sp³-hybridized carbons (Fsp3) is 0.250. The van der Waals surface area contributed by atoms with Crippen molar-refractivity contribution in [3.05, 3.63) is 59.1 Å². The van der Waals surface area contributed by atoms with Crippen LogP contribution < -0.4 is 10.1 Å². The molecule has 2 unspecified atom stereocenters. The lowest BCUT2D eigenvalue weighted by Crippen LogP contribution is -2.37. The van der Waals surface area contributed by atoms with E-state index >= 15 is 0 Å². The Balaban J connectivity index is 2.16. The summed E-state index contributed by atoms with van der Waals surface area (Å²) in [5.74, 6) is 0.700. The normalized spacial score (nSPS) is 13.6. The van der Waals surface area contributed by atoms with Crippen molar-refractivity contribution in [2.45, 2.75) is 26.2 Å². The minimum atomic E-state index is -0.673. The van der Waals surface area contributed by atoms with Crippen LogP contribution in [0.25, 0.3) is 0 Å². The second kappa shape index (κ2) is 6.64. The van der Waals surface area contributed by atoms with Crippen LogP contribution >= 0.6 is 11.6 Å². The third kappa shape index (κ3) is 3.65. The van der Waals surface area contributed by atoms with Gasteiger partial charge in [-0.25, -0.2) is 0 Å². The molecule has 2 aromatic carbocycles. The molecule has 4 heteroatoms. The molecule has 2 aromatic rings. The van der Waals surface area contributed by atoms with Gasteiger partial charge in [-0.3, -0.25) is 0 Å². The first-order valence-corrected chi connectivity index (χ1v) is 6.87. The quantitative estimate of drug-likeness (QED) is 0.822. The molecule has 0 aliphatic rings. The summed E-state index contributed by atoms with van der Waals surface area (Å²) in [5.41, 5.74) is 1.77. The molecule has 106 valence electrons. The molecule has 2 rings (SSSR count). The summed E-state index contributed by atoms with van der Waals surface area (Å²) in [6.45, 7) is 3.60. The SMILES string of the molecule is Cc1c(Cl)cccc1NC(Oc1ccccc1)C(C)O. The van der Waals surface area contributed by atoms with Crippen molar-refractivity contribution in [3.8, 4) is 5.75 Å². The summed E-state index contributed by atoms with van der Waals surface area (Å²) in [7, 11) is 0. The summed E-state index contributed by atoms with van der Waals surface area (Å²) < 4.78 is 5.77. The van der Waals surface area contributed by atoms with Gasteiger partial charge in [0.15, 0.2) is 6.23 Å². The molecule has 0 radical (unpaired) electrons. The molecule has 2 atom stereocenters. The molecule has 0 spiro atoms. The molecule has 20 heavy (non-hydrogen) atoms. The Hall–Kier alpha value is -1.71. The van der Waals surface area contributed by atoms with Gasteiger partial charge in [-0.2, -0.15) is 0 Å². The van der Waals surface area contributed by atoms with E-state index in [0.717, 1.165) is 11.3 Å². The number of nitrogens with one attached hydrogen (secondary N) is 1. The van der Waals surface area contributed by atoms with Crippen molar-refractivity contribution in [3.63, 3.8) is 0 Å². The van der Waals surface area contributed by atoms with Gasteiger partial charge in [0, 0.05) is 10.7 Å². The minimum Gasteiger partial charge on any atom is -0.468 e. The third-order valence-electron chi connectivity index (χ3n) is 3.01. The zero-order chi connectivity index (χ0) is 14.5. The fourth-order valence-corrected chi connectivity index (χ4v) is 1.99. The third-order valence-corrected chi connectivity index (χ3v) is 3.42. The van der Waals surface area contributed by atoms with Crippen LogP contribution in [0.3, 0.4) is 0 Å². The fourth-order valence-electron chi connectivity index (χ4n) is 1.81. The lowest BCUT2D eigenvalue weighted by molar-refractivity contribution is 0.0660. The maximum absolute atomic E-state index is 9.87. The zero-order valence-electron chi connectivity index (χ0n) is 11.5. The van der Waals surface area contributed by atoms with Gasteiger partial charge in [-0.05, 0) is 43.7 Å². The van der Waals surface area contributed by atoms with Crippen LogP contribution in [0, 0.1) is 6.92 Å². The van der Waals surface area contributed by atoms with Crippen molar-refractivity contribution in [2.75, 3.05) is 5.32 Å². The molecule has 0 saturated carbocycles. The lowest BCUT2D eigenvalue weighted by atomic mass is 10.2. The maximum atomic E-state index is 9.87. The largest absolute Gasteiger partial charge is 0.468 e. The zero-order valence-corrected chi connectivity index (χ0v) is 12.3. The lowest BCUT2D eigenvalue weighted by Gasteiger charge is -2.25. The van der Waals surface area contributed by atoms with E-state index in [1.807, 2.05) is 55.5 Å². The Bertz CT molecular complexity index is 558. The van der Waals surface area contributed by atoms with Gasteiger partial charge < -0.3 is 15.2 Å². The van der Waals surface area contributed by atoms with Gasteiger partial charge in [0.05, 0.1) is 0 Å². The number of para-hydroxylation sites is 1. The van der Waals surface area contributed by atoms with Crippen molar-refractivity contribution in [2.24, 2.45) is 0 Å². The van der Waals surface area contributed by atoms with Crippen molar-refractivity contribution >= 4 is 17.3 Å². The predicted octanol–water partition coefficient (Wildman–Crippen LogP) is 3.85. The number of halogens is 1. The van der Waals surface area contributed by atoms with Gasteiger partial charge >= 0.3 is 0 Å². The van der Waals surface area contributed by atoms with E-state index in [-0.39, 0.29) is 0 Å². The second-order valence-corrected chi connectivity index (χ2v) is 5.06. The number of anilines is 1. The first kappa shape index (κ1) is 14.7. The van der Waals surface area contributed by atoms with E-state index in [4.69, 9.17) is 16.3 Å². The molecule has 0 amide bonds. The number of aliphatic hydroxyl groups is 1. The highest BCUT2D eigenvalue weighted by Gasteiger charge is 2.17. The molecule has 0 fully saturated rings. The number of rotatable bonds is 5. The first-order chi connectivity index (χ1) is 9.58. The van der Waals surface area contributed by atoms with Crippen molar-refractivity contribution in [1.82, 2.24) is 0 Å². The molecule has 0 aliphatic heterocycles. The van der Waals surface area contributed by atoms with Crippen molar-refractivity contribution in [1.29, 1.82) is 0 Å². The van der Waals surface area contributed by atoms with Gasteiger partial charge in [-0.1, -0.05) is 35.9 Å². The Labute approximate surface area is 124 Å². The number of aliphatic hydroxyl groups excluding tert-OH is 1. The smallest absolute Gasteiger partial charge is 0.195 e. The highest BCUT2D eigenvalue weighted by molar-refractivity contribution is 6.31. The number of benzene rings is 2. The molecule has 0 heterocycles. The Morgan fingerprint density at radius 3 is 2.45 bits per heavy atom. The Morgan fingerprint density at radius 2 is 1.80 bits per heavy atom. The molecule has 3 nitrogen and oxygen atoms in total. The topological polar surface area (TPSA) is 41.5 Å². The van der Waals surface area contributed by atoms with Crippen molar-refractivity contribution < 1.29 is 9.84 Å². The van der Waals surface area contributed by atoms with E-state index in [2.05, 4.69) is 5.32 Å². The minimum absolute atomic E-state index is 0.547. The molecule has 0 aromatic heterocycles. The summed E-state index contributed by atoms with van der Waals surface area (Å²) in [6, 6.07) is 15.0. The molecule has 0 bridgehead atoms. The highest BCUT2D eigenvalue weighted by atomic mass is 35.5. The number of ether oxygens (including phenoxy) is 1. The van der Waals surface area contributed by atoms with Crippen LogP contribution in [-0.4, -0.2) is 17.4 Å². The van der Waals surface area contributed by atoms with E-state index in [0.29, 0.717) is 10.8 Å². The van der Waals surface area contributed by atoms with Crippen LogP contribution in [0.1, 0.15) is 12.5 Å². The number of hydrogen-bond acceptors (Lipinski definition) is 3. The average molecular weight is 292 g/mol. The maximum Gasteiger partial charge on any atom is 0.195 e. The van der Waals surface area contributed by atoms with E-state index in [1.54, 1.807) is 6.92 Å². The van der Waals surface area contributed by atoms with Crippen LogP contribution in [0.15, 0.2) is 48.5 Å². The molecule has 0 aliphatic carbocycles. The van der Waals surface area contributed by atoms with E-state index in [9.17, 15) is 5.11 Å². The van der Waals surface area contributed by atoms with Crippen LogP contribution in [0.5, 0.6) is 5.75 Å². The Kier molecular flexibility index (Phi) is 4.88.